The highest BCUT2D eigenvalue weighted by Gasteiger charge is 2.20. The van der Waals surface area contributed by atoms with Crippen LogP contribution >= 0.6 is 0 Å². The molecule has 1 N–H and O–H groups in total. The molecule has 0 aromatic carbocycles. The Morgan fingerprint density at radius 2 is 1.95 bits per heavy atom. The third-order valence-corrected chi connectivity index (χ3v) is 3.25. The van der Waals surface area contributed by atoms with Gasteiger partial charge in [-0.1, -0.05) is 27.7 Å². The summed E-state index contributed by atoms with van der Waals surface area (Å²) in [6.07, 6.45) is 4.74. The van der Waals surface area contributed by atoms with Crippen LogP contribution in [0.1, 0.15) is 45.5 Å². The standard InChI is InChI=1S/C17H24N4/c1-6-8-19-15-10-14(13-7-9-18-11-12(13)2)20-16(21-15)17(3,4)5/h7,9-11H,6,8H2,1-5H3,(H,19,20,21). The zero-order valence-electron chi connectivity index (χ0n) is 13.6. The summed E-state index contributed by atoms with van der Waals surface area (Å²) in [6, 6.07) is 4.03. The molecule has 0 radical (unpaired) electrons. The molecule has 0 saturated carbocycles. The normalized spacial score (nSPS) is 11.5. The van der Waals surface area contributed by atoms with E-state index in [4.69, 9.17) is 4.98 Å². The van der Waals surface area contributed by atoms with Gasteiger partial charge in [0.05, 0.1) is 5.69 Å². The van der Waals surface area contributed by atoms with Gasteiger partial charge in [-0.2, -0.15) is 0 Å². The van der Waals surface area contributed by atoms with Gasteiger partial charge in [-0.25, -0.2) is 9.97 Å². The van der Waals surface area contributed by atoms with Gasteiger partial charge in [-0.15, -0.1) is 0 Å². The van der Waals surface area contributed by atoms with Gasteiger partial charge in [-0.05, 0) is 25.0 Å². The lowest BCUT2D eigenvalue weighted by atomic mass is 9.95. The van der Waals surface area contributed by atoms with Crippen LogP contribution in [0.4, 0.5) is 5.82 Å². The minimum atomic E-state index is -0.0837. The lowest BCUT2D eigenvalue weighted by molar-refractivity contribution is 0.546. The van der Waals surface area contributed by atoms with Gasteiger partial charge in [0, 0.05) is 36.0 Å². The van der Waals surface area contributed by atoms with Crippen molar-refractivity contribution in [1.82, 2.24) is 15.0 Å². The van der Waals surface area contributed by atoms with Crippen molar-refractivity contribution in [2.75, 3.05) is 11.9 Å². The molecule has 0 unspecified atom stereocenters. The molecule has 2 aromatic heterocycles. The Balaban J connectivity index is 2.52. The summed E-state index contributed by atoms with van der Waals surface area (Å²) in [5, 5.41) is 3.37. The van der Waals surface area contributed by atoms with E-state index in [-0.39, 0.29) is 5.41 Å². The second-order valence-corrected chi connectivity index (χ2v) is 6.33. The van der Waals surface area contributed by atoms with E-state index in [9.17, 15) is 0 Å². The Kier molecular flexibility index (Phi) is 4.56. The van der Waals surface area contributed by atoms with Crippen molar-refractivity contribution in [1.29, 1.82) is 0 Å². The quantitative estimate of drug-likeness (QED) is 0.923. The molecule has 0 aliphatic rings. The first-order valence-corrected chi connectivity index (χ1v) is 7.46. The maximum atomic E-state index is 4.76. The molecule has 0 aliphatic heterocycles. The minimum Gasteiger partial charge on any atom is -0.370 e. The van der Waals surface area contributed by atoms with Crippen LogP contribution in [-0.2, 0) is 5.41 Å². The Morgan fingerprint density at radius 1 is 1.19 bits per heavy atom. The molecule has 0 saturated heterocycles. The van der Waals surface area contributed by atoms with Gasteiger partial charge in [-0.3, -0.25) is 4.98 Å². The number of pyridine rings is 1. The summed E-state index contributed by atoms with van der Waals surface area (Å²) in [5.74, 6) is 1.75. The summed E-state index contributed by atoms with van der Waals surface area (Å²) in [6.45, 7) is 11.5. The Labute approximate surface area is 127 Å². The van der Waals surface area contributed by atoms with Crippen LogP contribution in [0.25, 0.3) is 11.3 Å². The van der Waals surface area contributed by atoms with E-state index in [1.807, 2.05) is 18.3 Å². The average Bonchev–Trinajstić information content (AvgIpc) is 2.44. The molecule has 0 amide bonds. The van der Waals surface area contributed by atoms with Gasteiger partial charge in [0.25, 0.3) is 0 Å². The first kappa shape index (κ1) is 15.4. The van der Waals surface area contributed by atoms with Crippen LogP contribution in [-0.4, -0.2) is 21.5 Å². The average molecular weight is 284 g/mol. The predicted octanol–water partition coefficient (Wildman–Crippen LogP) is 3.97. The molecule has 2 heterocycles. The molecule has 4 heteroatoms. The van der Waals surface area contributed by atoms with Crippen LogP contribution in [0, 0.1) is 6.92 Å². The van der Waals surface area contributed by atoms with Gasteiger partial charge in [0.1, 0.15) is 11.6 Å². The van der Waals surface area contributed by atoms with Crippen LogP contribution in [0.2, 0.25) is 0 Å². The predicted molar refractivity (Wildman–Crippen MR) is 87.5 cm³/mol. The highest BCUT2D eigenvalue weighted by atomic mass is 15.0. The van der Waals surface area contributed by atoms with Crippen molar-refractivity contribution in [3.63, 3.8) is 0 Å². The molecule has 0 bridgehead atoms. The summed E-state index contributed by atoms with van der Waals surface area (Å²) < 4.78 is 0. The minimum absolute atomic E-state index is 0.0837. The summed E-state index contributed by atoms with van der Waals surface area (Å²) in [7, 11) is 0. The van der Waals surface area contributed by atoms with E-state index in [1.165, 1.54) is 0 Å². The second-order valence-electron chi connectivity index (χ2n) is 6.33. The van der Waals surface area contributed by atoms with E-state index >= 15 is 0 Å². The number of aryl methyl sites for hydroxylation is 1. The molecule has 2 rings (SSSR count). The van der Waals surface area contributed by atoms with Crippen molar-refractivity contribution in [2.24, 2.45) is 0 Å². The van der Waals surface area contributed by atoms with Crippen LogP contribution in [0.5, 0.6) is 0 Å². The lowest BCUT2D eigenvalue weighted by Gasteiger charge is -2.19. The van der Waals surface area contributed by atoms with Crippen LogP contribution in [0.3, 0.4) is 0 Å². The van der Waals surface area contributed by atoms with Crippen molar-refractivity contribution in [3.05, 3.63) is 35.9 Å². The molecular formula is C17H24N4. The first-order valence-electron chi connectivity index (χ1n) is 7.46. The Hall–Kier alpha value is -1.97. The van der Waals surface area contributed by atoms with Crippen molar-refractivity contribution in [2.45, 2.75) is 46.5 Å². The topological polar surface area (TPSA) is 50.7 Å². The number of hydrogen-bond acceptors (Lipinski definition) is 4. The molecule has 0 aliphatic carbocycles. The number of anilines is 1. The summed E-state index contributed by atoms with van der Waals surface area (Å²) >= 11 is 0. The number of nitrogens with one attached hydrogen (secondary N) is 1. The van der Waals surface area contributed by atoms with Gasteiger partial charge >= 0.3 is 0 Å². The fourth-order valence-corrected chi connectivity index (χ4v) is 2.03. The van der Waals surface area contributed by atoms with Crippen LogP contribution in [0.15, 0.2) is 24.5 Å². The van der Waals surface area contributed by atoms with Crippen molar-refractivity contribution < 1.29 is 0 Å². The number of nitrogens with zero attached hydrogens (tertiary/aromatic N) is 3. The Morgan fingerprint density at radius 3 is 2.57 bits per heavy atom. The molecule has 0 atom stereocenters. The highest BCUT2D eigenvalue weighted by molar-refractivity contribution is 5.65. The fraction of sp³-hybridized carbons (Fsp3) is 0.471. The first-order chi connectivity index (χ1) is 9.91. The molecule has 112 valence electrons. The molecule has 0 spiro atoms. The Bertz CT molecular complexity index is 614. The smallest absolute Gasteiger partial charge is 0.136 e. The van der Waals surface area contributed by atoms with Gasteiger partial charge in [0.15, 0.2) is 0 Å². The summed E-state index contributed by atoms with van der Waals surface area (Å²) in [4.78, 5) is 13.6. The fourth-order valence-electron chi connectivity index (χ4n) is 2.03. The van der Waals surface area contributed by atoms with Crippen LogP contribution < -0.4 is 5.32 Å². The van der Waals surface area contributed by atoms with E-state index in [2.05, 4.69) is 49.9 Å². The number of hydrogen-bond donors (Lipinski definition) is 1. The van der Waals surface area contributed by atoms with Crippen molar-refractivity contribution >= 4 is 5.82 Å². The van der Waals surface area contributed by atoms with E-state index < -0.39 is 0 Å². The monoisotopic (exact) mass is 284 g/mol. The molecule has 4 nitrogen and oxygen atoms in total. The molecular weight excluding hydrogens is 260 g/mol. The SMILES string of the molecule is CCCNc1cc(-c2ccncc2C)nc(C(C)(C)C)n1. The maximum Gasteiger partial charge on any atom is 0.136 e. The van der Waals surface area contributed by atoms with E-state index in [1.54, 1.807) is 6.20 Å². The van der Waals surface area contributed by atoms with Gasteiger partial charge < -0.3 is 5.32 Å². The molecule has 0 fully saturated rings. The maximum absolute atomic E-state index is 4.76. The number of aromatic nitrogens is 3. The summed E-state index contributed by atoms with van der Waals surface area (Å²) in [5.41, 5.74) is 3.10. The van der Waals surface area contributed by atoms with Gasteiger partial charge in [0.2, 0.25) is 0 Å². The van der Waals surface area contributed by atoms with Crippen molar-refractivity contribution in [3.8, 4) is 11.3 Å². The molecule has 2 aromatic rings. The zero-order valence-corrected chi connectivity index (χ0v) is 13.6. The third kappa shape index (κ3) is 3.78. The largest absolute Gasteiger partial charge is 0.370 e. The second kappa shape index (κ2) is 6.20. The van der Waals surface area contributed by atoms with E-state index in [0.717, 1.165) is 41.4 Å². The van der Waals surface area contributed by atoms with E-state index in [0.29, 0.717) is 0 Å². The molecule has 21 heavy (non-hydrogen) atoms. The lowest BCUT2D eigenvalue weighted by Crippen LogP contribution is -2.18. The number of rotatable bonds is 4. The zero-order chi connectivity index (χ0) is 15.5. The third-order valence-electron chi connectivity index (χ3n) is 3.25. The highest BCUT2D eigenvalue weighted by Crippen LogP contribution is 2.26.